The van der Waals surface area contributed by atoms with Crippen molar-refractivity contribution in [3.8, 4) is 0 Å². The zero-order valence-corrected chi connectivity index (χ0v) is 12.7. The average molecular weight is 303 g/mol. The van der Waals surface area contributed by atoms with Crippen LogP contribution in [0.4, 0.5) is 0 Å². The van der Waals surface area contributed by atoms with Gasteiger partial charge in [-0.1, -0.05) is 35.9 Å². The van der Waals surface area contributed by atoms with Crippen molar-refractivity contribution in [2.24, 2.45) is 0 Å². The molecule has 0 saturated heterocycles. The van der Waals surface area contributed by atoms with Crippen LogP contribution in [0.25, 0.3) is 10.2 Å². The Balaban J connectivity index is 1.68. The lowest BCUT2D eigenvalue weighted by Crippen LogP contribution is -2.17. The Bertz CT molecular complexity index is 673. The van der Waals surface area contributed by atoms with Crippen molar-refractivity contribution in [1.82, 2.24) is 10.3 Å². The lowest BCUT2D eigenvalue weighted by molar-refractivity contribution is 0.574. The molecular weight excluding hydrogens is 288 g/mol. The summed E-state index contributed by atoms with van der Waals surface area (Å²) >= 11 is 7.65. The highest BCUT2D eigenvalue weighted by molar-refractivity contribution is 7.18. The van der Waals surface area contributed by atoms with Gasteiger partial charge in [0.15, 0.2) is 0 Å². The maximum absolute atomic E-state index is 5.91. The van der Waals surface area contributed by atoms with E-state index in [2.05, 4.69) is 41.5 Å². The summed E-state index contributed by atoms with van der Waals surface area (Å²) in [6, 6.07) is 16.5. The number of benzene rings is 2. The monoisotopic (exact) mass is 302 g/mol. The number of para-hydroxylation sites is 1. The first-order valence-electron chi connectivity index (χ1n) is 6.55. The van der Waals surface area contributed by atoms with E-state index >= 15 is 0 Å². The van der Waals surface area contributed by atoms with Crippen LogP contribution in [-0.4, -0.2) is 4.98 Å². The van der Waals surface area contributed by atoms with Crippen molar-refractivity contribution in [1.29, 1.82) is 0 Å². The number of nitrogens with zero attached hydrogens (tertiary/aromatic N) is 1. The minimum atomic E-state index is 0.277. The predicted octanol–water partition coefficient (Wildman–Crippen LogP) is 4.80. The van der Waals surface area contributed by atoms with Gasteiger partial charge < -0.3 is 5.32 Å². The maximum Gasteiger partial charge on any atom is 0.108 e. The molecule has 20 heavy (non-hydrogen) atoms. The normalized spacial score (nSPS) is 12.7. The van der Waals surface area contributed by atoms with Crippen LogP contribution in [0.3, 0.4) is 0 Å². The Morgan fingerprint density at radius 3 is 2.65 bits per heavy atom. The number of hydrogen-bond donors (Lipinski definition) is 1. The van der Waals surface area contributed by atoms with Crippen molar-refractivity contribution in [2.75, 3.05) is 0 Å². The fraction of sp³-hybridized carbons (Fsp3) is 0.188. The first-order valence-corrected chi connectivity index (χ1v) is 7.75. The largest absolute Gasteiger partial charge is 0.304 e. The number of rotatable bonds is 4. The maximum atomic E-state index is 5.91. The predicted molar refractivity (Wildman–Crippen MR) is 86.3 cm³/mol. The SMILES string of the molecule is C[C@H](NCc1nc2ccccc2s1)c1ccc(Cl)cc1. The third kappa shape index (κ3) is 3.01. The van der Waals surface area contributed by atoms with Crippen LogP contribution in [0.15, 0.2) is 48.5 Å². The van der Waals surface area contributed by atoms with Gasteiger partial charge in [-0.15, -0.1) is 11.3 Å². The second kappa shape index (κ2) is 5.92. The smallest absolute Gasteiger partial charge is 0.108 e. The molecule has 0 aliphatic carbocycles. The highest BCUT2D eigenvalue weighted by Crippen LogP contribution is 2.22. The van der Waals surface area contributed by atoms with E-state index in [1.54, 1.807) is 11.3 Å². The number of nitrogens with one attached hydrogen (secondary N) is 1. The van der Waals surface area contributed by atoms with Crippen molar-refractivity contribution in [3.63, 3.8) is 0 Å². The number of thiazole rings is 1. The fourth-order valence-electron chi connectivity index (χ4n) is 2.11. The Labute approximate surface area is 127 Å². The minimum Gasteiger partial charge on any atom is -0.304 e. The zero-order valence-electron chi connectivity index (χ0n) is 11.1. The molecule has 1 atom stereocenters. The van der Waals surface area contributed by atoms with Gasteiger partial charge in [-0.3, -0.25) is 0 Å². The van der Waals surface area contributed by atoms with Gasteiger partial charge in [0.05, 0.1) is 10.2 Å². The third-order valence-electron chi connectivity index (χ3n) is 3.27. The van der Waals surface area contributed by atoms with Gasteiger partial charge >= 0.3 is 0 Å². The summed E-state index contributed by atoms with van der Waals surface area (Å²) < 4.78 is 1.24. The molecule has 0 spiro atoms. The molecule has 4 heteroatoms. The molecule has 1 aromatic heterocycles. The summed E-state index contributed by atoms with van der Waals surface area (Å²) in [5, 5.41) is 5.39. The van der Waals surface area contributed by atoms with Gasteiger partial charge in [-0.05, 0) is 36.8 Å². The molecule has 0 aliphatic rings. The van der Waals surface area contributed by atoms with Crippen LogP contribution in [0, 0.1) is 0 Å². The highest BCUT2D eigenvalue weighted by Gasteiger charge is 2.07. The van der Waals surface area contributed by atoms with Crippen LogP contribution in [0.2, 0.25) is 5.02 Å². The number of fused-ring (bicyclic) bond motifs is 1. The van der Waals surface area contributed by atoms with E-state index in [1.807, 2.05) is 24.3 Å². The van der Waals surface area contributed by atoms with Crippen LogP contribution in [-0.2, 0) is 6.54 Å². The standard InChI is InChI=1S/C16H15ClN2S/c1-11(12-6-8-13(17)9-7-12)18-10-16-19-14-4-2-3-5-15(14)20-16/h2-9,11,18H,10H2,1H3/t11-/m0/s1. The van der Waals surface area contributed by atoms with Crippen LogP contribution >= 0.6 is 22.9 Å². The molecule has 0 saturated carbocycles. The Morgan fingerprint density at radius 1 is 1.15 bits per heavy atom. The molecule has 0 bridgehead atoms. The van der Waals surface area contributed by atoms with E-state index in [4.69, 9.17) is 11.6 Å². The molecule has 102 valence electrons. The zero-order chi connectivity index (χ0) is 13.9. The van der Waals surface area contributed by atoms with Gasteiger partial charge in [-0.25, -0.2) is 4.98 Å². The molecule has 1 heterocycles. The van der Waals surface area contributed by atoms with Crippen molar-refractivity contribution >= 4 is 33.2 Å². The van der Waals surface area contributed by atoms with Gasteiger partial charge in [0, 0.05) is 17.6 Å². The quantitative estimate of drug-likeness (QED) is 0.749. The van der Waals surface area contributed by atoms with E-state index in [0.717, 1.165) is 22.1 Å². The molecule has 0 amide bonds. The molecule has 0 fully saturated rings. The van der Waals surface area contributed by atoms with E-state index in [9.17, 15) is 0 Å². The van der Waals surface area contributed by atoms with Crippen LogP contribution in [0.5, 0.6) is 0 Å². The van der Waals surface area contributed by atoms with E-state index in [1.165, 1.54) is 10.3 Å². The van der Waals surface area contributed by atoms with Gasteiger partial charge in [0.25, 0.3) is 0 Å². The summed E-state index contributed by atoms with van der Waals surface area (Å²) in [7, 11) is 0. The van der Waals surface area contributed by atoms with Gasteiger partial charge in [0.1, 0.15) is 5.01 Å². The number of aromatic nitrogens is 1. The first-order chi connectivity index (χ1) is 9.72. The molecule has 2 nitrogen and oxygen atoms in total. The van der Waals surface area contributed by atoms with E-state index in [0.29, 0.717) is 0 Å². The molecular formula is C16H15ClN2S. The molecule has 0 unspecified atom stereocenters. The first kappa shape index (κ1) is 13.6. The number of halogens is 1. The Morgan fingerprint density at radius 2 is 1.90 bits per heavy atom. The van der Waals surface area contributed by atoms with Crippen LogP contribution in [0.1, 0.15) is 23.5 Å². The summed E-state index contributed by atoms with van der Waals surface area (Å²) in [5.74, 6) is 0. The third-order valence-corrected chi connectivity index (χ3v) is 4.56. The van der Waals surface area contributed by atoms with Crippen LogP contribution < -0.4 is 5.32 Å². The molecule has 3 rings (SSSR count). The Hall–Kier alpha value is -1.42. The minimum absolute atomic E-state index is 0.277. The van der Waals surface area contributed by atoms with Gasteiger partial charge in [0.2, 0.25) is 0 Å². The lowest BCUT2D eigenvalue weighted by Gasteiger charge is -2.13. The van der Waals surface area contributed by atoms with Crippen molar-refractivity contribution < 1.29 is 0 Å². The second-order valence-corrected chi connectivity index (χ2v) is 6.28. The summed E-state index contributed by atoms with van der Waals surface area (Å²) in [4.78, 5) is 4.63. The number of hydrogen-bond acceptors (Lipinski definition) is 3. The molecule has 3 aromatic rings. The average Bonchev–Trinajstić information content (AvgIpc) is 2.88. The van der Waals surface area contributed by atoms with Crippen molar-refractivity contribution in [2.45, 2.75) is 19.5 Å². The van der Waals surface area contributed by atoms with E-state index in [-0.39, 0.29) is 6.04 Å². The van der Waals surface area contributed by atoms with Crippen molar-refractivity contribution in [3.05, 3.63) is 64.1 Å². The molecule has 2 aromatic carbocycles. The Kier molecular flexibility index (Phi) is 4.01. The fourth-order valence-corrected chi connectivity index (χ4v) is 3.15. The second-order valence-electron chi connectivity index (χ2n) is 4.73. The lowest BCUT2D eigenvalue weighted by atomic mass is 10.1. The topological polar surface area (TPSA) is 24.9 Å². The molecule has 1 N–H and O–H groups in total. The van der Waals surface area contributed by atoms with E-state index < -0.39 is 0 Å². The summed E-state index contributed by atoms with van der Waals surface area (Å²) in [6.07, 6.45) is 0. The highest BCUT2D eigenvalue weighted by atomic mass is 35.5. The molecule has 0 aliphatic heterocycles. The summed E-state index contributed by atoms with van der Waals surface area (Å²) in [6.45, 7) is 2.93. The summed E-state index contributed by atoms with van der Waals surface area (Å²) in [5.41, 5.74) is 2.31. The molecule has 0 radical (unpaired) electrons. The van der Waals surface area contributed by atoms with Gasteiger partial charge in [-0.2, -0.15) is 0 Å².